The minimum atomic E-state index is 0. The molecule has 0 aliphatic carbocycles. The van der Waals surface area contributed by atoms with Crippen LogP contribution < -0.4 is 5.73 Å². The first-order valence-corrected chi connectivity index (χ1v) is 4.12. The molecule has 2 rings (SSSR count). The van der Waals surface area contributed by atoms with Crippen molar-refractivity contribution in [2.24, 2.45) is 5.73 Å². The molecule has 12 heavy (non-hydrogen) atoms. The molecule has 0 radical (unpaired) electrons. The Balaban J connectivity index is 0.000000720. The summed E-state index contributed by atoms with van der Waals surface area (Å²) in [7, 11) is 0. The van der Waals surface area contributed by atoms with Gasteiger partial charge in [-0.25, -0.2) is 9.97 Å². The summed E-state index contributed by atoms with van der Waals surface area (Å²) in [5.74, 6) is 0. The molecule has 0 spiro atoms. The second-order valence-electron chi connectivity index (χ2n) is 2.14. The van der Waals surface area contributed by atoms with Crippen molar-refractivity contribution in [1.82, 2.24) is 9.97 Å². The van der Waals surface area contributed by atoms with Gasteiger partial charge in [0.1, 0.15) is 15.4 Å². The van der Waals surface area contributed by atoms with Gasteiger partial charge in [-0.15, -0.1) is 12.4 Å². The molecule has 0 bridgehead atoms. The lowest BCUT2D eigenvalue weighted by Crippen LogP contribution is -1.93. The largest absolute Gasteiger partial charge is 0.325 e. The van der Waals surface area contributed by atoms with Crippen LogP contribution in [-0.2, 0) is 6.54 Å². The molecule has 2 aromatic heterocycles. The molecule has 0 saturated carbocycles. The summed E-state index contributed by atoms with van der Waals surface area (Å²) >= 11 is 1.55. The van der Waals surface area contributed by atoms with Gasteiger partial charge >= 0.3 is 0 Å². The van der Waals surface area contributed by atoms with Crippen molar-refractivity contribution in [2.75, 3.05) is 0 Å². The van der Waals surface area contributed by atoms with E-state index < -0.39 is 0 Å². The zero-order chi connectivity index (χ0) is 7.68. The highest BCUT2D eigenvalue weighted by atomic mass is 35.5. The molecule has 5 heteroatoms. The van der Waals surface area contributed by atoms with E-state index >= 15 is 0 Å². The van der Waals surface area contributed by atoms with Gasteiger partial charge in [-0.1, -0.05) is 11.3 Å². The summed E-state index contributed by atoms with van der Waals surface area (Å²) < 4.78 is 0. The fourth-order valence-electron chi connectivity index (χ4n) is 0.902. The number of rotatable bonds is 1. The van der Waals surface area contributed by atoms with Crippen molar-refractivity contribution in [1.29, 1.82) is 0 Å². The zero-order valence-corrected chi connectivity index (χ0v) is 7.86. The van der Waals surface area contributed by atoms with Gasteiger partial charge in [0.25, 0.3) is 0 Å². The molecule has 2 heterocycles. The number of halogens is 1. The average molecular weight is 202 g/mol. The second-order valence-corrected chi connectivity index (χ2v) is 3.20. The molecule has 0 aliphatic rings. The van der Waals surface area contributed by atoms with Crippen molar-refractivity contribution in [3.05, 3.63) is 23.3 Å². The van der Waals surface area contributed by atoms with Gasteiger partial charge in [0.05, 0.1) is 0 Å². The standard InChI is InChI=1S/C7H7N3S.ClH/c8-4-6-10-5-2-1-3-9-7(5)11-6;/h1-3H,4,8H2;1H. The summed E-state index contributed by atoms with van der Waals surface area (Å²) in [6.45, 7) is 0.501. The first-order valence-electron chi connectivity index (χ1n) is 3.30. The molecule has 0 saturated heterocycles. The maximum absolute atomic E-state index is 5.43. The Hall–Kier alpha value is -0.710. The highest BCUT2D eigenvalue weighted by Gasteiger charge is 2.00. The molecule has 0 amide bonds. The van der Waals surface area contributed by atoms with Gasteiger partial charge in [0.2, 0.25) is 0 Å². The third-order valence-corrected chi connectivity index (χ3v) is 2.39. The average Bonchev–Trinajstić information content (AvgIpc) is 2.46. The number of pyridine rings is 1. The topological polar surface area (TPSA) is 51.8 Å². The first-order chi connectivity index (χ1) is 5.40. The van der Waals surface area contributed by atoms with Crippen LogP contribution >= 0.6 is 23.7 Å². The lowest BCUT2D eigenvalue weighted by molar-refractivity contribution is 1.05. The van der Waals surface area contributed by atoms with Crippen molar-refractivity contribution in [3.63, 3.8) is 0 Å². The van der Waals surface area contributed by atoms with E-state index in [-0.39, 0.29) is 12.4 Å². The molecule has 2 aromatic rings. The minimum absolute atomic E-state index is 0. The molecule has 3 nitrogen and oxygen atoms in total. The van der Waals surface area contributed by atoms with E-state index in [2.05, 4.69) is 9.97 Å². The molecule has 0 aromatic carbocycles. The summed E-state index contributed by atoms with van der Waals surface area (Å²) in [5.41, 5.74) is 6.38. The Morgan fingerprint density at radius 3 is 3.00 bits per heavy atom. The predicted octanol–water partition coefficient (Wildman–Crippen LogP) is 1.57. The Morgan fingerprint density at radius 1 is 1.50 bits per heavy atom. The molecule has 64 valence electrons. The third kappa shape index (κ3) is 1.55. The molecular formula is C7H8ClN3S. The minimum Gasteiger partial charge on any atom is -0.325 e. The van der Waals surface area contributed by atoms with Crippen LogP contribution in [0.15, 0.2) is 18.3 Å². The smallest absolute Gasteiger partial charge is 0.143 e. The second kappa shape index (κ2) is 3.80. The fourth-order valence-corrected chi connectivity index (χ4v) is 1.68. The Bertz CT molecular complexity index is 340. The summed E-state index contributed by atoms with van der Waals surface area (Å²) in [4.78, 5) is 9.38. The van der Waals surface area contributed by atoms with Gasteiger partial charge in [0.15, 0.2) is 0 Å². The normalized spacial score (nSPS) is 9.75. The molecule has 0 unspecified atom stereocenters. The Kier molecular flexibility index (Phi) is 2.97. The highest BCUT2D eigenvalue weighted by molar-refractivity contribution is 7.18. The number of hydrogen-bond donors (Lipinski definition) is 1. The number of nitrogens with two attached hydrogens (primary N) is 1. The SMILES string of the molecule is Cl.NCc1nc2cccnc2s1. The van der Waals surface area contributed by atoms with Crippen LogP contribution in [0.3, 0.4) is 0 Å². The van der Waals surface area contributed by atoms with Crippen LogP contribution in [-0.4, -0.2) is 9.97 Å². The van der Waals surface area contributed by atoms with Crippen LogP contribution in [0.4, 0.5) is 0 Å². The van der Waals surface area contributed by atoms with Gasteiger partial charge in [0, 0.05) is 12.7 Å². The van der Waals surface area contributed by atoms with E-state index in [1.54, 1.807) is 17.5 Å². The summed E-state index contributed by atoms with van der Waals surface area (Å²) in [5, 5.41) is 0.943. The number of thiazole rings is 1. The third-order valence-electron chi connectivity index (χ3n) is 1.39. The van der Waals surface area contributed by atoms with E-state index in [1.165, 1.54) is 0 Å². The van der Waals surface area contributed by atoms with Crippen molar-refractivity contribution in [3.8, 4) is 0 Å². The maximum atomic E-state index is 5.43. The number of nitrogens with zero attached hydrogens (tertiary/aromatic N) is 2. The van der Waals surface area contributed by atoms with E-state index in [4.69, 9.17) is 5.73 Å². The van der Waals surface area contributed by atoms with E-state index in [1.807, 2.05) is 12.1 Å². The monoisotopic (exact) mass is 201 g/mol. The molecule has 0 atom stereocenters. The summed E-state index contributed by atoms with van der Waals surface area (Å²) in [6.07, 6.45) is 1.76. The number of hydrogen-bond acceptors (Lipinski definition) is 4. The van der Waals surface area contributed by atoms with Crippen LogP contribution in [0.25, 0.3) is 10.3 Å². The fraction of sp³-hybridized carbons (Fsp3) is 0.143. The van der Waals surface area contributed by atoms with Gasteiger partial charge in [-0.2, -0.15) is 0 Å². The highest BCUT2D eigenvalue weighted by Crippen LogP contribution is 2.17. The van der Waals surface area contributed by atoms with Crippen molar-refractivity contribution < 1.29 is 0 Å². The molecule has 0 fully saturated rings. The molecular weight excluding hydrogens is 194 g/mol. The van der Waals surface area contributed by atoms with E-state index in [9.17, 15) is 0 Å². The van der Waals surface area contributed by atoms with E-state index in [0.29, 0.717) is 6.54 Å². The molecule has 0 aliphatic heterocycles. The lowest BCUT2D eigenvalue weighted by atomic mass is 10.5. The van der Waals surface area contributed by atoms with Crippen LogP contribution in [0.5, 0.6) is 0 Å². The van der Waals surface area contributed by atoms with Crippen LogP contribution in [0, 0.1) is 0 Å². The summed E-state index contributed by atoms with van der Waals surface area (Å²) in [6, 6.07) is 3.82. The van der Waals surface area contributed by atoms with Gasteiger partial charge in [-0.05, 0) is 12.1 Å². The Morgan fingerprint density at radius 2 is 2.33 bits per heavy atom. The maximum Gasteiger partial charge on any atom is 0.143 e. The zero-order valence-electron chi connectivity index (χ0n) is 6.23. The molecule has 2 N–H and O–H groups in total. The van der Waals surface area contributed by atoms with Crippen molar-refractivity contribution >= 4 is 34.1 Å². The van der Waals surface area contributed by atoms with Gasteiger partial charge in [-0.3, -0.25) is 0 Å². The van der Waals surface area contributed by atoms with Crippen molar-refractivity contribution in [2.45, 2.75) is 6.54 Å². The quantitative estimate of drug-likeness (QED) is 0.762. The number of aromatic nitrogens is 2. The van der Waals surface area contributed by atoms with E-state index in [0.717, 1.165) is 15.4 Å². The lowest BCUT2D eigenvalue weighted by Gasteiger charge is -1.80. The predicted molar refractivity (Wildman–Crippen MR) is 52.6 cm³/mol. The number of fused-ring (bicyclic) bond motifs is 1. The van der Waals surface area contributed by atoms with Crippen LogP contribution in [0.2, 0.25) is 0 Å². The van der Waals surface area contributed by atoms with Gasteiger partial charge < -0.3 is 5.73 Å². The first kappa shape index (κ1) is 9.38. The Labute approximate surface area is 80.1 Å². The van der Waals surface area contributed by atoms with Crippen LogP contribution in [0.1, 0.15) is 5.01 Å².